The van der Waals surface area contributed by atoms with Gasteiger partial charge >= 0.3 is 0 Å². The largest absolute Gasteiger partial charge is 0.504 e. The van der Waals surface area contributed by atoms with E-state index < -0.39 is 12.0 Å². The number of carbonyl (C=O) groups excluding carboxylic acids is 1. The van der Waals surface area contributed by atoms with Crippen molar-refractivity contribution in [3.8, 4) is 11.5 Å². The lowest BCUT2D eigenvalue weighted by atomic mass is 9.95. The molecule has 1 aromatic rings. The molecule has 0 heterocycles. The molecule has 4 heteroatoms. The quantitative estimate of drug-likeness (QED) is 0.672. The van der Waals surface area contributed by atoms with Crippen LogP contribution in [0, 0.1) is 5.92 Å². The summed E-state index contributed by atoms with van der Waals surface area (Å²) in [4.78, 5) is 11.0. The monoisotopic (exact) mass is 224 g/mol. The first-order chi connectivity index (χ1) is 7.41. The molecule has 1 aromatic carbocycles. The normalized spacial score (nSPS) is 14.4. The summed E-state index contributed by atoms with van der Waals surface area (Å²) in [7, 11) is 0. The number of hydrogen-bond acceptors (Lipinski definition) is 4. The van der Waals surface area contributed by atoms with Crippen LogP contribution in [0.5, 0.6) is 11.5 Å². The number of phenols is 2. The summed E-state index contributed by atoms with van der Waals surface area (Å²) in [5.74, 6) is -0.926. The molecule has 0 spiro atoms. The van der Waals surface area contributed by atoms with E-state index in [0.29, 0.717) is 5.56 Å². The molecule has 1 rings (SSSR count). The van der Waals surface area contributed by atoms with Gasteiger partial charge in [0, 0.05) is 5.92 Å². The van der Waals surface area contributed by atoms with Gasteiger partial charge in [-0.05, 0) is 31.0 Å². The van der Waals surface area contributed by atoms with E-state index >= 15 is 0 Å². The lowest BCUT2D eigenvalue weighted by Crippen LogP contribution is -2.25. The topological polar surface area (TPSA) is 77.8 Å². The van der Waals surface area contributed by atoms with Crippen molar-refractivity contribution in [3.63, 3.8) is 0 Å². The Morgan fingerprint density at radius 3 is 2.44 bits per heavy atom. The van der Waals surface area contributed by atoms with E-state index in [1.165, 1.54) is 19.1 Å². The first kappa shape index (κ1) is 12.5. The number of rotatable bonds is 4. The predicted molar refractivity (Wildman–Crippen MR) is 59.3 cm³/mol. The molecule has 0 radical (unpaired) electrons. The van der Waals surface area contributed by atoms with Gasteiger partial charge in [-0.3, -0.25) is 4.79 Å². The maximum atomic E-state index is 11.0. The van der Waals surface area contributed by atoms with E-state index in [-0.39, 0.29) is 23.7 Å². The molecule has 0 fully saturated rings. The first-order valence-corrected chi connectivity index (χ1v) is 5.11. The van der Waals surface area contributed by atoms with Gasteiger partial charge in [0.1, 0.15) is 5.78 Å². The summed E-state index contributed by atoms with van der Waals surface area (Å²) >= 11 is 0. The lowest BCUT2D eigenvalue weighted by Gasteiger charge is -2.16. The van der Waals surface area contributed by atoms with E-state index in [0.717, 1.165) is 0 Å². The third kappa shape index (κ3) is 2.97. The first-order valence-electron chi connectivity index (χ1n) is 5.11. The van der Waals surface area contributed by atoms with Crippen molar-refractivity contribution in [2.75, 3.05) is 0 Å². The van der Waals surface area contributed by atoms with E-state index in [4.69, 9.17) is 5.11 Å². The van der Waals surface area contributed by atoms with Crippen LogP contribution in [-0.4, -0.2) is 27.2 Å². The van der Waals surface area contributed by atoms with Crippen LogP contribution in [0.15, 0.2) is 18.2 Å². The van der Waals surface area contributed by atoms with Crippen LogP contribution in [0.1, 0.15) is 19.4 Å². The van der Waals surface area contributed by atoms with Crippen molar-refractivity contribution in [3.05, 3.63) is 23.8 Å². The number of aliphatic hydroxyl groups excluding tert-OH is 1. The Morgan fingerprint density at radius 2 is 1.94 bits per heavy atom. The molecular weight excluding hydrogens is 208 g/mol. The van der Waals surface area contributed by atoms with E-state index in [1.54, 1.807) is 13.0 Å². The van der Waals surface area contributed by atoms with Crippen molar-refractivity contribution in [2.24, 2.45) is 5.92 Å². The molecule has 0 saturated carbocycles. The van der Waals surface area contributed by atoms with Crippen molar-refractivity contribution < 1.29 is 20.1 Å². The maximum absolute atomic E-state index is 11.0. The Kier molecular flexibility index (Phi) is 3.90. The van der Waals surface area contributed by atoms with Gasteiger partial charge in [0.15, 0.2) is 11.5 Å². The minimum atomic E-state index is -0.776. The molecule has 16 heavy (non-hydrogen) atoms. The van der Waals surface area contributed by atoms with Crippen molar-refractivity contribution in [2.45, 2.75) is 26.4 Å². The molecule has 4 nitrogen and oxygen atoms in total. The van der Waals surface area contributed by atoms with Crippen LogP contribution in [0.4, 0.5) is 0 Å². The fourth-order valence-corrected chi connectivity index (χ4v) is 1.39. The third-order valence-corrected chi connectivity index (χ3v) is 2.70. The van der Waals surface area contributed by atoms with Crippen molar-refractivity contribution in [1.29, 1.82) is 0 Å². The molecular formula is C12H16O4. The second kappa shape index (κ2) is 4.99. The standard InChI is InChI=1S/C12H16O4/c1-7(8(2)13)11(15)5-9-3-4-10(14)12(16)6-9/h3-4,6-7,11,14-16H,5H2,1-2H3/t7-,11?/m1/s1. The van der Waals surface area contributed by atoms with Gasteiger partial charge in [0.05, 0.1) is 6.10 Å². The number of aromatic hydroxyl groups is 2. The lowest BCUT2D eigenvalue weighted by molar-refractivity contribution is -0.123. The SMILES string of the molecule is CC(=O)[C@@H](C)C(O)Cc1ccc(O)c(O)c1. The molecule has 0 aliphatic heterocycles. The van der Waals surface area contributed by atoms with Crippen LogP contribution in [0.25, 0.3) is 0 Å². The molecule has 0 amide bonds. The zero-order chi connectivity index (χ0) is 12.3. The van der Waals surface area contributed by atoms with Gasteiger partial charge in [0.2, 0.25) is 0 Å². The number of aliphatic hydroxyl groups is 1. The van der Waals surface area contributed by atoms with Crippen molar-refractivity contribution in [1.82, 2.24) is 0 Å². The molecule has 2 atom stereocenters. The van der Waals surface area contributed by atoms with Crippen molar-refractivity contribution >= 4 is 5.78 Å². The fraction of sp³-hybridized carbons (Fsp3) is 0.417. The van der Waals surface area contributed by atoms with E-state index in [1.807, 2.05) is 0 Å². The van der Waals surface area contributed by atoms with Crippen LogP contribution in [-0.2, 0) is 11.2 Å². The molecule has 88 valence electrons. The van der Waals surface area contributed by atoms with E-state index in [9.17, 15) is 15.0 Å². The molecule has 0 bridgehead atoms. The van der Waals surface area contributed by atoms with Crippen LogP contribution >= 0.6 is 0 Å². The second-order valence-corrected chi connectivity index (χ2v) is 3.99. The maximum Gasteiger partial charge on any atom is 0.157 e. The zero-order valence-corrected chi connectivity index (χ0v) is 9.34. The molecule has 0 aromatic heterocycles. The summed E-state index contributed by atoms with van der Waals surface area (Å²) in [5.41, 5.74) is 0.677. The Hall–Kier alpha value is -1.55. The molecule has 1 unspecified atom stereocenters. The highest BCUT2D eigenvalue weighted by molar-refractivity contribution is 5.78. The highest BCUT2D eigenvalue weighted by Gasteiger charge is 2.19. The number of benzene rings is 1. The fourth-order valence-electron chi connectivity index (χ4n) is 1.39. The molecule has 0 aliphatic carbocycles. The number of phenolic OH excluding ortho intramolecular Hbond substituents is 2. The minimum absolute atomic E-state index is 0.0736. The summed E-state index contributed by atoms with van der Waals surface area (Å²) in [6, 6.07) is 4.34. The van der Waals surface area contributed by atoms with Gasteiger partial charge in [-0.15, -0.1) is 0 Å². The number of Topliss-reactive ketones (excluding diaryl/α,β-unsaturated/α-hetero) is 1. The average molecular weight is 224 g/mol. The zero-order valence-electron chi connectivity index (χ0n) is 9.34. The Labute approximate surface area is 94.2 Å². The number of hydrogen-bond donors (Lipinski definition) is 3. The third-order valence-electron chi connectivity index (χ3n) is 2.70. The Morgan fingerprint density at radius 1 is 1.31 bits per heavy atom. The smallest absolute Gasteiger partial charge is 0.157 e. The van der Waals surface area contributed by atoms with Crippen LogP contribution < -0.4 is 0 Å². The highest BCUT2D eigenvalue weighted by Crippen LogP contribution is 2.26. The number of carbonyl (C=O) groups is 1. The molecule has 0 aliphatic rings. The van der Waals surface area contributed by atoms with E-state index in [2.05, 4.69) is 0 Å². The summed E-state index contributed by atoms with van der Waals surface area (Å²) in [5, 5.41) is 28.1. The van der Waals surface area contributed by atoms with Gasteiger partial charge in [0.25, 0.3) is 0 Å². The Balaban J connectivity index is 2.73. The van der Waals surface area contributed by atoms with Gasteiger partial charge in [-0.25, -0.2) is 0 Å². The van der Waals surface area contributed by atoms with Gasteiger partial charge < -0.3 is 15.3 Å². The molecule has 0 saturated heterocycles. The predicted octanol–water partition coefficient (Wildman–Crippen LogP) is 1.23. The summed E-state index contributed by atoms with van der Waals surface area (Å²) < 4.78 is 0. The highest BCUT2D eigenvalue weighted by atomic mass is 16.3. The Bertz CT molecular complexity index is 387. The summed E-state index contributed by atoms with van der Waals surface area (Å²) in [6.45, 7) is 3.09. The van der Waals surface area contributed by atoms with Gasteiger partial charge in [-0.1, -0.05) is 13.0 Å². The number of ketones is 1. The summed E-state index contributed by atoms with van der Waals surface area (Å²) in [6.07, 6.45) is -0.504. The average Bonchev–Trinajstić information content (AvgIpc) is 2.22. The molecule has 3 N–H and O–H groups in total. The minimum Gasteiger partial charge on any atom is -0.504 e. The van der Waals surface area contributed by atoms with Crippen LogP contribution in [0.2, 0.25) is 0 Å². The van der Waals surface area contributed by atoms with Crippen LogP contribution in [0.3, 0.4) is 0 Å². The van der Waals surface area contributed by atoms with Gasteiger partial charge in [-0.2, -0.15) is 0 Å². The second-order valence-electron chi connectivity index (χ2n) is 3.99.